The van der Waals surface area contributed by atoms with Crippen LogP contribution in [-0.2, 0) is 16.6 Å². The van der Waals surface area contributed by atoms with Crippen molar-refractivity contribution in [2.75, 3.05) is 4.72 Å². The molecule has 2 aromatic carbocycles. The van der Waals surface area contributed by atoms with Crippen LogP contribution >= 0.6 is 23.2 Å². The van der Waals surface area contributed by atoms with Gasteiger partial charge in [0, 0.05) is 6.54 Å². The molecule has 0 spiro atoms. The van der Waals surface area contributed by atoms with Gasteiger partial charge in [0.15, 0.2) is 0 Å². The summed E-state index contributed by atoms with van der Waals surface area (Å²) >= 11 is 12.0. The van der Waals surface area contributed by atoms with Crippen molar-refractivity contribution in [2.45, 2.75) is 70.7 Å². The van der Waals surface area contributed by atoms with Crippen LogP contribution in [0.25, 0.3) is 11.0 Å². The number of rotatable bonds is 10. The minimum Gasteiger partial charge on any atom is -0.331 e. The predicted octanol–water partition coefficient (Wildman–Crippen LogP) is 7.12. The summed E-state index contributed by atoms with van der Waals surface area (Å²) < 4.78 is 30.9. The van der Waals surface area contributed by atoms with E-state index in [9.17, 15) is 8.42 Å². The maximum absolute atomic E-state index is 13.0. The van der Waals surface area contributed by atoms with E-state index in [1.54, 1.807) is 6.33 Å². The fourth-order valence-electron chi connectivity index (χ4n) is 3.63. The van der Waals surface area contributed by atoms with E-state index in [-0.39, 0.29) is 9.92 Å². The highest BCUT2D eigenvalue weighted by atomic mass is 35.5. The van der Waals surface area contributed by atoms with Crippen molar-refractivity contribution in [3.63, 3.8) is 0 Å². The highest BCUT2D eigenvalue weighted by Gasteiger charge is 2.21. The van der Waals surface area contributed by atoms with Gasteiger partial charge < -0.3 is 4.57 Å². The smallest absolute Gasteiger partial charge is 0.262 e. The van der Waals surface area contributed by atoms with E-state index >= 15 is 0 Å². The van der Waals surface area contributed by atoms with Crippen LogP contribution in [0.2, 0.25) is 10.0 Å². The molecule has 1 heterocycles. The minimum absolute atomic E-state index is 0.0578. The van der Waals surface area contributed by atoms with Crippen molar-refractivity contribution >= 4 is 49.9 Å². The minimum atomic E-state index is -3.85. The molecule has 1 aromatic heterocycles. The Hall–Kier alpha value is -1.76. The van der Waals surface area contributed by atoms with Crippen LogP contribution in [0.4, 0.5) is 5.69 Å². The molecule has 0 saturated heterocycles. The summed E-state index contributed by atoms with van der Waals surface area (Å²) in [7, 11) is -3.85. The summed E-state index contributed by atoms with van der Waals surface area (Å²) in [5, 5.41) is 0.502. The molecule has 3 rings (SSSR count). The van der Waals surface area contributed by atoms with E-state index in [4.69, 9.17) is 23.2 Å². The van der Waals surface area contributed by atoms with Crippen LogP contribution in [0.15, 0.2) is 35.5 Å². The first kappa shape index (κ1) is 23.9. The van der Waals surface area contributed by atoms with E-state index in [0.29, 0.717) is 16.2 Å². The molecule has 31 heavy (non-hydrogen) atoms. The molecule has 0 atom stereocenters. The van der Waals surface area contributed by atoms with Gasteiger partial charge in [-0.25, -0.2) is 13.4 Å². The van der Waals surface area contributed by atoms with Crippen molar-refractivity contribution in [3.05, 3.63) is 51.8 Å². The van der Waals surface area contributed by atoms with Gasteiger partial charge in [-0.15, -0.1) is 0 Å². The monoisotopic (exact) mass is 481 g/mol. The van der Waals surface area contributed by atoms with Crippen molar-refractivity contribution in [2.24, 2.45) is 0 Å². The molecular formula is C23H29Cl2N3O2S. The molecule has 8 heteroatoms. The number of fused-ring (bicyclic) bond motifs is 1. The number of aryl methyl sites for hydroxylation is 2. The quantitative estimate of drug-likeness (QED) is 0.313. The number of nitrogens with one attached hydrogen (secondary N) is 1. The maximum Gasteiger partial charge on any atom is 0.262 e. The third-order valence-electron chi connectivity index (χ3n) is 5.63. The SMILES string of the molecule is CCCCCCCCn1cnc2c(NS(=O)(=O)c3ccc(Cl)c(Cl)c3)c(C)c(C)cc21. The van der Waals surface area contributed by atoms with Gasteiger partial charge in [-0.1, -0.05) is 62.2 Å². The molecule has 1 N–H and O–H groups in total. The fraction of sp³-hybridized carbons (Fsp3) is 0.435. The first-order valence-corrected chi connectivity index (χ1v) is 12.9. The first-order chi connectivity index (χ1) is 14.7. The van der Waals surface area contributed by atoms with Crippen molar-refractivity contribution in [1.29, 1.82) is 0 Å². The van der Waals surface area contributed by atoms with Gasteiger partial charge in [-0.05, 0) is 55.7 Å². The fourth-order valence-corrected chi connectivity index (χ4v) is 5.15. The Kier molecular flexibility index (Phi) is 7.89. The van der Waals surface area contributed by atoms with Crippen molar-refractivity contribution < 1.29 is 8.42 Å². The topological polar surface area (TPSA) is 64.0 Å². The third-order valence-corrected chi connectivity index (χ3v) is 7.71. The molecule has 0 aliphatic carbocycles. The van der Waals surface area contributed by atoms with Crippen LogP contribution in [0, 0.1) is 13.8 Å². The Morgan fingerprint density at radius 2 is 1.71 bits per heavy atom. The second kappa shape index (κ2) is 10.2. The Labute approximate surface area is 194 Å². The molecule has 3 aromatic rings. The molecule has 0 saturated carbocycles. The van der Waals surface area contributed by atoms with Gasteiger partial charge in [-0.3, -0.25) is 4.72 Å². The third kappa shape index (κ3) is 5.54. The predicted molar refractivity (Wildman–Crippen MR) is 130 cm³/mol. The van der Waals surface area contributed by atoms with Crippen LogP contribution in [0.1, 0.15) is 56.6 Å². The van der Waals surface area contributed by atoms with E-state index < -0.39 is 10.0 Å². The number of unbranched alkanes of at least 4 members (excludes halogenated alkanes) is 5. The Bertz CT molecular complexity index is 1170. The van der Waals surface area contributed by atoms with Crippen molar-refractivity contribution in [3.8, 4) is 0 Å². The Morgan fingerprint density at radius 1 is 1.00 bits per heavy atom. The molecule has 0 aliphatic heterocycles. The lowest BCUT2D eigenvalue weighted by atomic mass is 10.1. The Balaban J connectivity index is 1.87. The second-order valence-electron chi connectivity index (χ2n) is 7.95. The molecule has 168 valence electrons. The number of aromatic nitrogens is 2. The summed E-state index contributed by atoms with van der Waals surface area (Å²) in [4.78, 5) is 4.61. The maximum atomic E-state index is 13.0. The van der Waals surface area contributed by atoms with E-state index in [1.165, 1.54) is 50.3 Å². The van der Waals surface area contributed by atoms with Gasteiger partial charge in [0.1, 0.15) is 5.52 Å². The van der Waals surface area contributed by atoms with Crippen molar-refractivity contribution in [1.82, 2.24) is 9.55 Å². The van der Waals surface area contributed by atoms with E-state index in [0.717, 1.165) is 29.6 Å². The highest BCUT2D eigenvalue weighted by Crippen LogP contribution is 2.32. The number of imidazole rings is 1. The number of halogens is 2. The summed E-state index contributed by atoms with van der Waals surface area (Å²) in [5.74, 6) is 0. The number of anilines is 1. The molecule has 0 aliphatic rings. The number of benzene rings is 2. The Morgan fingerprint density at radius 3 is 2.42 bits per heavy atom. The zero-order chi connectivity index (χ0) is 22.6. The van der Waals surface area contributed by atoms with Gasteiger partial charge >= 0.3 is 0 Å². The zero-order valence-corrected chi connectivity index (χ0v) is 20.5. The van der Waals surface area contributed by atoms with Gasteiger partial charge in [0.25, 0.3) is 10.0 Å². The number of sulfonamides is 1. The van der Waals surface area contributed by atoms with Crippen LogP contribution in [0.3, 0.4) is 0 Å². The first-order valence-electron chi connectivity index (χ1n) is 10.7. The summed E-state index contributed by atoms with van der Waals surface area (Å²) in [6, 6.07) is 6.35. The molecule has 0 radical (unpaired) electrons. The summed E-state index contributed by atoms with van der Waals surface area (Å²) in [5.41, 5.74) is 3.94. The molecule has 0 amide bonds. The van der Waals surface area contributed by atoms with Gasteiger partial charge in [-0.2, -0.15) is 0 Å². The molecule has 5 nitrogen and oxygen atoms in total. The average Bonchev–Trinajstić information content (AvgIpc) is 3.12. The zero-order valence-electron chi connectivity index (χ0n) is 18.2. The molecule has 0 fully saturated rings. The lowest BCUT2D eigenvalue weighted by Gasteiger charge is -2.14. The van der Waals surface area contributed by atoms with Gasteiger partial charge in [0.05, 0.1) is 32.5 Å². The largest absolute Gasteiger partial charge is 0.331 e. The standard InChI is InChI=1S/C23H29Cl2N3O2S/c1-4-5-6-7-8-9-12-28-15-26-23-21(28)13-16(2)17(3)22(23)27-31(29,30)18-10-11-19(24)20(25)14-18/h10-11,13-15,27H,4-9,12H2,1-3H3. The number of hydrogen-bond donors (Lipinski definition) is 1. The lowest BCUT2D eigenvalue weighted by molar-refractivity contribution is 0.564. The number of hydrogen-bond acceptors (Lipinski definition) is 3. The van der Waals surface area contributed by atoms with Gasteiger partial charge in [0.2, 0.25) is 0 Å². The molecular weight excluding hydrogens is 453 g/mol. The normalized spacial score (nSPS) is 11.9. The molecule has 0 unspecified atom stereocenters. The highest BCUT2D eigenvalue weighted by molar-refractivity contribution is 7.92. The van der Waals surface area contributed by atoms with Crippen LogP contribution < -0.4 is 4.72 Å². The number of nitrogens with zero attached hydrogens (tertiary/aromatic N) is 2. The summed E-state index contributed by atoms with van der Waals surface area (Å²) in [6.45, 7) is 6.96. The second-order valence-corrected chi connectivity index (χ2v) is 10.4. The van der Waals surface area contributed by atoms with Crippen LogP contribution in [-0.4, -0.2) is 18.0 Å². The van der Waals surface area contributed by atoms with Crippen LogP contribution in [0.5, 0.6) is 0 Å². The lowest BCUT2D eigenvalue weighted by Crippen LogP contribution is -2.14. The summed E-state index contributed by atoms with van der Waals surface area (Å²) in [6.07, 6.45) is 9.11. The average molecular weight is 482 g/mol. The van der Waals surface area contributed by atoms with E-state index in [1.807, 2.05) is 13.8 Å². The van der Waals surface area contributed by atoms with E-state index in [2.05, 4.69) is 27.3 Å². The molecule has 0 bridgehead atoms.